The fourth-order valence-electron chi connectivity index (χ4n) is 2.61. The van der Waals surface area contributed by atoms with Crippen molar-refractivity contribution in [2.24, 2.45) is 17.8 Å². The number of hydrogen-bond acceptors (Lipinski definition) is 3. The average Bonchev–Trinajstić information content (AvgIpc) is 3.24. The summed E-state index contributed by atoms with van der Waals surface area (Å²) in [5.41, 5.74) is 0. The van der Waals surface area contributed by atoms with Crippen molar-refractivity contribution in [2.75, 3.05) is 6.54 Å². The van der Waals surface area contributed by atoms with Gasteiger partial charge in [0.1, 0.15) is 4.90 Å². The van der Waals surface area contributed by atoms with Crippen LogP contribution in [-0.4, -0.2) is 19.9 Å². The number of nitrogens with one attached hydrogen (secondary N) is 1. The molecule has 1 N–H and O–H groups in total. The summed E-state index contributed by atoms with van der Waals surface area (Å²) in [5, 5.41) is 0.219. The van der Waals surface area contributed by atoms with Gasteiger partial charge < -0.3 is 0 Å². The van der Waals surface area contributed by atoms with E-state index in [1.807, 2.05) is 0 Å². The Morgan fingerprint density at radius 3 is 2.47 bits per heavy atom. The molecule has 0 atom stereocenters. The summed E-state index contributed by atoms with van der Waals surface area (Å²) in [6.45, 7) is 0.531. The predicted molar refractivity (Wildman–Crippen MR) is 73.4 cm³/mol. The first-order valence-corrected chi connectivity index (χ1v) is 8.53. The maximum Gasteiger partial charge on any atom is 0.243 e. The van der Waals surface area contributed by atoms with Crippen molar-refractivity contribution >= 4 is 21.6 Å². The fourth-order valence-corrected chi connectivity index (χ4v) is 4.11. The van der Waals surface area contributed by atoms with Crippen molar-refractivity contribution in [1.82, 2.24) is 9.71 Å². The molecule has 3 rings (SSSR count). The molecule has 0 spiro atoms. The van der Waals surface area contributed by atoms with Crippen LogP contribution in [0.5, 0.6) is 0 Å². The molecule has 2 aliphatic rings. The van der Waals surface area contributed by atoms with E-state index in [1.165, 1.54) is 44.1 Å². The van der Waals surface area contributed by atoms with Crippen molar-refractivity contribution in [3.63, 3.8) is 0 Å². The highest BCUT2D eigenvalue weighted by Gasteiger charge is 2.41. The second-order valence-corrected chi connectivity index (χ2v) is 7.64. The molecule has 104 valence electrons. The lowest BCUT2D eigenvalue weighted by Crippen LogP contribution is -2.31. The minimum Gasteiger partial charge on any atom is -0.263 e. The van der Waals surface area contributed by atoms with E-state index in [9.17, 15) is 8.42 Å². The van der Waals surface area contributed by atoms with Crippen LogP contribution in [0.1, 0.15) is 25.7 Å². The number of pyridine rings is 1. The van der Waals surface area contributed by atoms with E-state index in [2.05, 4.69) is 9.71 Å². The van der Waals surface area contributed by atoms with Gasteiger partial charge in [0, 0.05) is 18.9 Å². The number of hydrogen-bond donors (Lipinski definition) is 1. The van der Waals surface area contributed by atoms with Gasteiger partial charge in [0.05, 0.1) is 5.02 Å². The van der Waals surface area contributed by atoms with Gasteiger partial charge in [0.15, 0.2) is 0 Å². The van der Waals surface area contributed by atoms with Crippen LogP contribution in [0.25, 0.3) is 0 Å². The lowest BCUT2D eigenvalue weighted by atomic mass is 9.99. The molecule has 0 bridgehead atoms. The molecule has 2 fully saturated rings. The Hall–Kier alpha value is -0.650. The van der Waals surface area contributed by atoms with Crippen LogP contribution >= 0.6 is 11.6 Å². The molecular formula is C13H17ClN2O2S. The van der Waals surface area contributed by atoms with E-state index in [4.69, 9.17) is 11.6 Å². The van der Waals surface area contributed by atoms with Crippen molar-refractivity contribution < 1.29 is 8.42 Å². The van der Waals surface area contributed by atoms with Gasteiger partial charge in [-0.3, -0.25) is 4.98 Å². The Labute approximate surface area is 118 Å². The molecule has 4 nitrogen and oxygen atoms in total. The Bertz CT molecular complexity index is 556. The Morgan fingerprint density at radius 1 is 1.32 bits per heavy atom. The van der Waals surface area contributed by atoms with Crippen LogP contribution in [0.3, 0.4) is 0 Å². The van der Waals surface area contributed by atoms with E-state index < -0.39 is 10.0 Å². The van der Waals surface area contributed by atoms with E-state index in [0.717, 1.165) is 11.8 Å². The third kappa shape index (κ3) is 3.09. The topological polar surface area (TPSA) is 59.1 Å². The molecule has 19 heavy (non-hydrogen) atoms. The first-order valence-electron chi connectivity index (χ1n) is 6.67. The molecule has 6 heteroatoms. The smallest absolute Gasteiger partial charge is 0.243 e. The highest BCUT2D eigenvalue weighted by Crippen LogP contribution is 2.48. The van der Waals surface area contributed by atoms with Crippen LogP contribution in [0, 0.1) is 17.8 Å². The van der Waals surface area contributed by atoms with E-state index >= 15 is 0 Å². The van der Waals surface area contributed by atoms with E-state index in [1.54, 1.807) is 0 Å². The number of aromatic nitrogens is 1. The predicted octanol–water partition coefficient (Wildman–Crippen LogP) is 2.45. The minimum atomic E-state index is -3.54. The van der Waals surface area contributed by atoms with Crippen molar-refractivity contribution in [1.29, 1.82) is 0 Å². The van der Waals surface area contributed by atoms with Gasteiger partial charge in [0.2, 0.25) is 10.0 Å². The number of nitrogens with zero attached hydrogens (tertiary/aromatic N) is 1. The summed E-state index contributed by atoms with van der Waals surface area (Å²) < 4.78 is 27.1. The van der Waals surface area contributed by atoms with Crippen molar-refractivity contribution in [3.05, 3.63) is 23.5 Å². The zero-order valence-electron chi connectivity index (χ0n) is 10.5. The molecule has 2 aliphatic carbocycles. The molecule has 0 aliphatic heterocycles. The summed E-state index contributed by atoms with van der Waals surface area (Å²) >= 11 is 5.91. The summed E-state index contributed by atoms with van der Waals surface area (Å²) in [6, 6.07) is 1.50. The molecule has 1 aromatic heterocycles. The van der Waals surface area contributed by atoms with E-state index in [-0.39, 0.29) is 9.92 Å². The largest absolute Gasteiger partial charge is 0.263 e. The second kappa shape index (κ2) is 5.04. The first kappa shape index (κ1) is 13.3. The summed E-state index contributed by atoms with van der Waals surface area (Å²) in [4.78, 5) is 3.90. The van der Waals surface area contributed by atoms with Crippen LogP contribution in [0.15, 0.2) is 23.4 Å². The lowest BCUT2D eigenvalue weighted by Gasteiger charge is -2.16. The van der Waals surface area contributed by atoms with Gasteiger partial charge in [-0.1, -0.05) is 11.6 Å². The molecule has 0 saturated heterocycles. The van der Waals surface area contributed by atoms with Gasteiger partial charge in [0.25, 0.3) is 0 Å². The van der Waals surface area contributed by atoms with Gasteiger partial charge in [-0.2, -0.15) is 0 Å². The third-order valence-corrected chi connectivity index (χ3v) is 5.88. The highest BCUT2D eigenvalue weighted by molar-refractivity contribution is 7.89. The summed E-state index contributed by atoms with van der Waals surface area (Å²) in [7, 11) is -3.54. The normalized spacial score (nSPS) is 19.9. The van der Waals surface area contributed by atoms with Crippen LogP contribution in [0.4, 0.5) is 0 Å². The molecule has 0 aromatic carbocycles. The lowest BCUT2D eigenvalue weighted by molar-refractivity contribution is 0.401. The number of halogens is 1. The molecule has 0 radical (unpaired) electrons. The molecular weight excluding hydrogens is 284 g/mol. The molecule has 1 heterocycles. The summed E-state index contributed by atoms with van der Waals surface area (Å²) in [5.74, 6) is 1.95. The minimum absolute atomic E-state index is 0.0713. The average molecular weight is 301 g/mol. The van der Waals surface area contributed by atoms with Crippen LogP contribution in [-0.2, 0) is 10.0 Å². The zero-order chi connectivity index (χ0) is 13.5. The van der Waals surface area contributed by atoms with E-state index in [0.29, 0.717) is 12.5 Å². The third-order valence-electron chi connectivity index (χ3n) is 3.99. The van der Waals surface area contributed by atoms with Crippen LogP contribution in [0.2, 0.25) is 5.02 Å². The molecule has 2 saturated carbocycles. The maximum absolute atomic E-state index is 12.2. The van der Waals surface area contributed by atoms with Crippen LogP contribution < -0.4 is 4.72 Å². The van der Waals surface area contributed by atoms with Gasteiger partial charge in [-0.25, -0.2) is 13.1 Å². The van der Waals surface area contributed by atoms with Gasteiger partial charge in [-0.15, -0.1) is 0 Å². The standard InChI is InChI=1S/C13H17ClN2O2S/c14-12-5-6-15-8-13(12)19(17,18)16-7-11(9-1-2-9)10-3-4-10/h5-6,8-11,16H,1-4,7H2. The zero-order valence-corrected chi connectivity index (χ0v) is 12.1. The summed E-state index contributed by atoms with van der Waals surface area (Å²) in [6.07, 6.45) is 7.77. The monoisotopic (exact) mass is 300 g/mol. The van der Waals surface area contributed by atoms with Crippen molar-refractivity contribution in [2.45, 2.75) is 30.6 Å². The highest BCUT2D eigenvalue weighted by atomic mass is 35.5. The second-order valence-electron chi connectivity index (χ2n) is 5.50. The Balaban J connectivity index is 1.69. The molecule has 0 amide bonds. The van der Waals surface area contributed by atoms with Gasteiger partial charge >= 0.3 is 0 Å². The molecule has 1 aromatic rings. The first-order chi connectivity index (χ1) is 9.08. The Morgan fingerprint density at radius 2 is 1.95 bits per heavy atom. The Kier molecular flexibility index (Phi) is 3.53. The quantitative estimate of drug-likeness (QED) is 0.878. The fraction of sp³-hybridized carbons (Fsp3) is 0.615. The van der Waals surface area contributed by atoms with Gasteiger partial charge in [-0.05, 0) is 49.5 Å². The maximum atomic E-state index is 12.2. The molecule has 0 unspecified atom stereocenters. The number of sulfonamides is 1. The number of rotatable bonds is 6. The SMILES string of the molecule is O=S(=O)(NCC(C1CC1)C1CC1)c1cnccc1Cl. The van der Waals surface area contributed by atoms with Crippen molar-refractivity contribution in [3.8, 4) is 0 Å².